The third-order valence-corrected chi connectivity index (χ3v) is 3.12. The first-order valence-corrected chi connectivity index (χ1v) is 5.80. The van der Waals surface area contributed by atoms with Gasteiger partial charge in [0.15, 0.2) is 0 Å². The molecule has 0 N–H and O–H groups in total. The van der Waals surface area contributed by atoms with Gasteiger partial charge in [-0.2, -0.15) is 5.10 Å². The first-order chi connectivity index (χ1) is 8.22. The summed E-state index contributed by atoms with van der Waals surface area (Å²) in [6.07, 6.45) is 5.79. The average Bonchev–Trinajstić information content (AvgIpc) is 2.77. The van der Waals surface area contributed by atoms with E-state index in [4.69, 9.17) is 0 Å². The van der Waals surface area contributed by atoms with E-state index in [1.807, 2.05) is 6.20 Å². The summed E-state index contributed by atoms with van der Waals surface area (Å²) in [6, 6.07) is 0. The Morgan fingerprint density at radius 1 is 1.71 bits per heavy atom. The van der Waals surface area contributed by atoms with E-state index in [1.54, 1.807) is 4.68 Å². The van der Waals surface area contributed by atoms with Gasteiger partial charge in [0.1, 0.15) is 6.29 Å². The number of hydrogen-bond acceptors (Lipinski definition) is 4. The number of esters is 1. The Bertz CT molecular complexity index is 425. The topological polar surface area (TPSA) is 61.2 Å². The van der Waals surface area contributed by atoms with Crippen molar-refractivity contribution >= 4 is 12.3 Å². The summed E-state index contributed by atoms with van der Waals surface area (Å²) in [7, 11) is 1.38. The first kappa shape index (κ1) is 11.8. The fraction of sp³-hybridized carbons (Fsp3) is 0.583. The van der Waals surface area contributed by atoms with E-state index in [0.29, 0.717) is 13.0 Å². The molecule has 2 rings (SSSR count). The molecule has 5 nitrogen and oxygen atoms in total. The maximum absolute atomic E-state index is 11.0. The average molecular weight is 236 g/mol. The molecule has 1 heterocycles. The van der Waals surface area contributed by atoms with Crippen LogP contribution in [0.15, 0.2) is 6.20 Å². The summed E-state index contributed by atoms with van der Waals surface area (Å²) in [4.78, 5) is 21.8. The van der Waals surface area contributed by atoms with E-state index in [2.05, 4.69) is 9.84 Å². The minimum Gasteiger partial charge on any atom is -0.469 e. The highest BCUT2D eigenvalue weighted by molar-refractivity contribution is 5.68. The van der Waals surface area contributed by atoms with Gasteiger partial charge in [-0.3, -0.25) is 9.48 Å². The summed E-state index contributed by atoms with van der Waals surface area (Å²) in [5, 5.41) is 4.42. The molecule has 1 aliphatic rings. The molecule has 0 fully saturated rings. The second-order valence-corrected chi connectivity index (χ2v) is 4.33. The van der Waals surface area contributed by atoms with Crippen LogP contribution < -0.4 is 0 Å². The molecule has 0 aromatic carbocycles. The standard InChI is InChI=1S/C12H16N2O3/c1-17-12(16)4-5-14-7-10-6-9(8-15)2-3-11(10)13-14/h7-9H,2-6H2,1H3. The molecule has 0 spiro atoms. The Labute approximate surface area is 99.8 Å². The van der Waals surface area contributed by atoms with Crippen molar-refractivity contribution in [2.45, 2.75) is 32.2 Å². The second kappa shape index (κ2) is 5.12. The predicted octanol–water partition coefficient (Wildman–Crippen LogP) is 0.750. The molecular weight excluding hydrogens is 220 g/mol. The van der Waals surface area contributed by atoms with E-state index in [-0.39, 0.29) is 11.9 Å². The van der Waals surface area contributed by atoms with Gasteiger partial charge in [0.25, 0.3) is 0 Å². The number of rotatable bonds is 4. The fourth-order valence-electron chi connectivity index (χ4n) is 2.13. The van der Waals surface area contributed by atoms with Crippen LogP contribution in [0.25, 0.3) is 0 Å². The van der Waals surface area contributed by atoms with Crippen molar-refractivity contribution in [1.29, 1.82) is 0 Å². The Hall–Kier alpha value is -1.65. The lowest BCUT2D eigenvalue weighted by molar-refractivity contribution is -0.140. The van der Waals surface area contributed by atoms with Gasteiger partial charge in [0, 0.05) is 12.1 Å². The van der Waals surface area contributed by atoms with Crippen LogP contribution in [0.2, 0.25) is 0 Å². The molecule has 1 unspecified atom stereocenters. The molecule has 0 amide bonds. The van der Waals surface area contributed by atoms with E-state index in [1.165, 1.54) is 7.11 Å². The summed E-state index contributed by atoms with van der Waals surface area (Å²) in [5.41, 5.74) is 2.20. The van der Waals surface area contributed by atoms with Crippen molar-refractivity contribution in [2.24, 2.45) is 5.92 Å². The SMILES string of the molecule is COC(=O)CCn1cc2c(n1)CCC(C=O)C2. The molecule has 92 valence electrons. The van der Waals surface area contributed by atoms with Crippen molar-refractivity contribution < 1.29 is 14.3 Å². The summed E-state index contributed by atoms with van der Waals surface area (Å²) < 4.78 is 6.35. The number of aromatic nitrogens is 2. The van der Waals surface area contributed by atoms with Crippen LogP contribution in [0.1, 0.15) is 24.1 Å². The molecule has 0 radical (unpaired) electrons. The number of fused-ring (bicyclic) bond motifs is 1. The van der Waals surface area contributed by atoms with Crippen molar-refractivity contribution in [3.8, 4) is 0 Å². The van der Waals surface area contributed by atoms with Crippen LogP contribution in [0.3, 0.4) is 0 Å². The molecule has 1 atom stereocenters. The molecule has 0 saturated carbocycles. The highest BCUT2D eigenvalue weighted by Gasteiger charge is 2.21. The molecule has 0 saturated heterocycles. The number of nitrogens with zero attached hydrogens (tertiary/aromatic N) is 2. The molecule has 1 aromatic heterocycles. The predicted molar refractivity (Wildman–Crippen MR) is 60.4 cm³/mol. The van der Waals surface area contributed by atoms with Gasteiger partial charge in [-0.1, -0.05) is 0 Å². The first-order valence-electron chi connectivity index (χ1n) is 5.80. The Kier molecular flexibility index (Phi) is 3.56. The summed E-state index contributed by atoms with van der Waals surface area (Å²) in [6.45, 7) is 0.533. The molecule has 1 aromatic rings. The quantitative estimate of drug-likeness (QED) is 0.571. The monoisotopic (exact) mass is 236 g/mol. The smallest absolute Gasteiger partial charge is 0.307 e. The van der Waals surface area contributed by atoms with Crippen LogP contribution in [0.5, 0.6) is 0 Å². The van der Waals surface area contributed by atoms with Crippen LogP contribution >= 0.6 is 0 Å². The second-order valence-electron chi connectivity index (χ2n) is 4.33. The zero-order valence-electron chi connectivity index (χ0n) is 9.89. The highest BCUT2D eigenvalue weighted by Crippen LogP contribution is 2.23. The highest BCUT2D eigenvalue weighted by atomic mass is 16.5. The van der Waals surface area contributed by atoms with Crippen molar-refractivity contribution in [3.05, 3.63) is 17.5 Å². The molecule has 1 aliphatic carbocycles. The van der Waals surface area contributed by atoms with E-state index < -0.39 is 0 Å². The normalized spacial score (nSPS) is 18.5. The van der Waals surface area contributed by atoms with Gasteiger partial charge < -0.3 is 9.53 Å². The van der Waals surface area contributed by atoms with Crippen LogP contribution in [0, 0.1) is 5.92 Å². The zero-order chi connectivity index (χ0) is 12.3. The van der Waals surface area contributed by atoms with Gasteiger partial charge in [-0.15, -0.1) is 0 Å². The number of aryl methyl sites for hydroxylation is 2. The Balaban J connectivity index is 2.00. The Morgan fingerprint density at radius 3 is 3.24 bits per heavy atom. The molecule has 0 bridgehead atoms. The summed E-state index contributed by atoms with van der Waals surface area (Å²) in [5.74, 6) is -0.106. The Morgan fingerprint density at radius 2 is 2.53 bits per heavy atom. The van der Waals surface area contributed by atoms with Gasteiger partial charge in [0.05, 0.1) is 25.8 Å². The molecule has 17 heavy (non-hydrogen) atoms. The molecule has 0 aliphatic heterocycles. The number of carbonyl (C=O) groups is 2. The molecular formula is C12H16N2O3. The van der Waals surface area contributed by atoms with Crippen molar-refractivity contribution in [3.63, 3.8) is 0 Å². The lowest BCUT2D eigenvalue weighted by atomic mass is 9.89. The van der Waals surface area contributed by atoms with Crippen molar-refractivity contribution in [1.82, 2.24) is 9.78 Å². The molecule has 5 heteroatoms. The maximum Gasteiger partial charge on any atom is 0.307 e. The number of ether oxygens (including phenoxy) is 1. The third kappa shape index (κ3) is 2.72. The van der Waals surface area contributed by atoms with Crippen LogP contribution in [-0.2, 0) is 33.7 Å². The van der Waals surface area contributed by atoms with Gasteiger partial charge >= 0.3 is 5.97 Å². The fourth-order valence-corrected chi connectivity index (χ4v) is 2.13. The number of aldehydes is 1. The van der Waals surface area contributed by atoms with Gasteiger partial charge in [0.2, 0.25) is 0 Å². The lowest BCUT2D eigenvalue weighted by Gasteiger charge is -2.14. The third-order valence-electron chi connectivity index (χ3n) is 3.12. The summed E-state index contributed by atoms with van der Waals surface area (Å²) >= 11 is 0. The van der Waals surface area contributed by atoms with Gasteiger partial charge in [-0.25, -0.2) is 0 Å². The van der Waals surface area contributed by atoms with Gasteiger partial charge in [-0.05, 0) is 24.8 Å². The largest absolute Gasteiger partial charge is 0.469 e. The van der Waals surface area contributed by atoms with Crippen molar-refractivity contribution in [2.75, 3.05) is 7.11 Å². The van der Waals surface area contributed by atoms with E-state index in [9.17, 15) is 9.59 Å². The minimum absolute atomic E-state index is 0.126. The zero-order valence-corrected chi connectivity index (χ0v) is 9.89. The lowest BCUT2D eigenvalue weighted by Crippen LogP contribution is -2.14. The van der Waals surface area contributed by atoms with E-state index >= 15 is 0 Å². The van der Waals surface area contributed by atoms with Crippen LogP contribution in [-0.4, -0.2) is 29.1 Å². The van der Waals surface area contributed by atoms with Crippen LogP contribution in [0.4, 0.5) is 0 Å². The minimum atomic E-state index is -0.232. The number of methoxy groups -OCH3 is 1. The number of carbonyl (C=O) groups excluding carboxylic acids is 2. The maximum atomic E-state index is 11.0. The van der Waals surface area contributed by atoms with E-state index in [0.717, 1.165) is 36.8 Å². The number of hydrogen-bond donors (Lipinski definition) is 0.